The van der Waals surface area contributed by atoms with Crippen LogP contribution >= 0.6 is 0 Å². The van der Waals surface area contributed by atoms with E-state index in [0.717, 1.165) is 11.3 Å². The number of benzene rings is 3. The predicted octanol–water partition coefficient (Wildman–Crippen LogP) is 4.52. The Bertz CT molecular complexity index is 1110. The predicted molar refractivity (Wildman–Crippen MR) is 112 cm³/mol. The Balaban J connectivity index is 1.32. The van der Waals surface area contributed by atoms with E-state index in [2.05, 4.69) is 10.3 Å². The van der Waals surface area contributed by atoms with Crippen LogP contribution in [0.15, 0.2) is 91.5 Å². The molecule has 0 saturated carbocycles. The van der Waals surface area contributed by atoms with Gasteiger partial charge in [-0.3, -0.25) is 4.79 Å². The van der Waals surface area contributed by atoms with E-state index in [1.165, 1.54) is 12.4 Å². The highest BCUT2D eigenvalue weighted by Crippen LogP contribution is 2.15. The summed E-state index contributed by atoms with van der Waals surface area (Å²) in [6.07, 6.45) is 4.80. The summed E-state index contributed by atoms with van der Waals surface area (Å²) >= 11 is 0. The Hall–Kier alpha value is -3.93. The molecule has 0 spiro atoms. The molecule has 1 aromatic heterocycles. The van der Waals surface area contributed by atoms with Gasteiger partial charge in [-0.25, -0.2) is 9.37 Å². The molecule has 0 aliphatic carbocycles. The van der Waals surface area contributed by atoms with Crippen molar-refractivity contribution in [2.45, 2.75) is 13.2 Å². The van der Waals surface area contributed by atoms with Gasteiger partial charge in [-0.2, -0.15) is 0 Å². The molecule has 0 aliphatic heterocycles. The molecule has 1 amide bonds. The minimum absolute atomic E-state index is 0.218. The van der Waals surface area contributed by atoms with E-state index in [4.69, 9.17) is 4.74 Å². The first-order valence-corrected chi connectivity index (χ1v) is 9.51. The smallest absolute Gasteiger partial charge is 0.251 e. The Kier molecular flexibility index (Phi) is 5.85. The molecule has 0 fully saturated rings. The molecule has 6 heteroatoms. The monoisotopic (exact) mass is 401 g/mol. The standard InChI is InChI=1S/C24H20FN3O2/c25-22-14-19(8-11-23(22)28-13-12-26-17-28)15-27-24(29)20-9-6-18(7-10-20)16-30-21-4-2-1-3-5-21/h1-14,17H,15-16H2,(H,27,29). The van der Waals surface area contributed by atoms with Crippen molar-refractivity contribution in [2.75, 3.05) is 0 Å². The number of rotatable bonds is 7. The first kappa shape index (κ1) is 19.4. The summed E-state index contributed by atoms with van der Waals surface area (Å²) in [5.41, 5.74) is 2.59. The average Bonchev–Trinajstić information content (AvgIpc) is 3.32. The van der Waals surface area contributed by atoms with E-state index in [9.17, 15) is 9.18 Å². The minimum atomic E-state index is -0.373. The van der Waals surface area contributed by atoms with Gasteiger partial charge >= 0.3 is 0 Å². The molecule has 1 N–H and O–H groups in total. The molecule has 3 aromatic carbocycles. The summed E-state index contributed by atoms with van der Waals surface area (Å²) in [5, 5.41) is 2.82. The molecule has 30 heavy (non-hydrogen) atoms. The van der Waals surface area contributed by atoms with E-state index >= 15 is 0 Å². The van der Waals surface area contributed by atoms with E-state index in [1.807, 2.05) is 42.5 Å². The summed E-state index contributed by atoms with van der Waals surface area (Å²) in [6.45, 7) is 0.660. The maximum absolute atomic E-state index is 14.3. The fourth-order valence-corrected chi connectivity index (χ4v) is 2.99. The molecule has 4 rings (SSSR count). The molecule has 4 aromatic rings. The summed E-state index contributed by atoms with van der Waals surface area (Å²) in [6, 6.07) is 21.6. The van der Waals surface area contributed by atoms with Crippen molar-refractivity contribution in [2.24, 2.45) is 0 Å². The fraction of sp³-hybridized carbons (Fsp3) is 0.0833. The number of halogens is 1. The van der Waals surface area contributed by atoms with Gasteiger partial charge in [-0.05, 0) is 47.5 Å². The molecule has 0 saturated heterocycles. The number of hydrogen-bond donors (Lipinski definition) is 1. The lowest BCUT2D eigenvalue weighted by atomic mass is 10.1. The maximum Gasteiger partial charge on any atom is 0.251 e. The summed E-state index contributed by atoms with van der Waals surface area (Å²) in [5.74, 6) is 0.206. The third kappa shape index (κ3) is 4.72. The van der Waals surface area contributed by atoms with Crippen molar-refractivity contribution in [3.05, 3.63) is 114 Å². The zero-order valence-electron chi connectivity index (χ0n) is 16.2. The normalized spacial score (nSPS) is 10.6. The van der Waals surface area contributed by atoms with Crippen LogP contribution < -0.4 is 10.1 Å². The first-order chi connectivity index (χ1) is 14.7. The zero-order valence-corrected chi connectivity index (χ0v) is 16.2. The van der Waals surface area contributed by atoms with Crippen LogP contribution in [0.25, 0.3) is 5.69 Å². The van der Waals surface area contributed by atoms with Gasteiger partial charge in [-0.15, -0.1) is 0 Å². The minimum Gasteiger partial charge on any atom is -0.489 e. The third-order valence-electron chi connectivity index (χ3n) is 4.61. The lowest BCUT2D eigenvalue weighted by molar-refractivity contribution is 0.0951. The highest BCUT2D eigenvalue weighted by Gasteiger charge is 2.08. The van der Waals surface area contributed by atoms with Crippen LogP contribution in [0.1, 0.15) is 21.5 Å². The first-order valence-electron chi connectivity index (χ1n) is 9.51. The van der Waals surface area contributed by atoms with E-state index in [1.54, 1.807) is 41.2 Å². The molecule has 1 heterocycles. The zero-order chi connectivity index (χ0) is 20.8. The fourth-order valence-electron chi connectivity index (χ4n) is 2.99. The van der Waals surface area contributed by atoms with Crippen molar-refractivity contribution in [1.29, 1.82) is 0 Å². The van der Waals surface area contributed by atoms with Crippen molar-refractivity contribution in [3.8, 4) is 11.4 Å². The second-order valence-corrected chi connectivity index (χ2v) is 6.74. The van der Waals surface area contributed by atoms with Gasteiger partial charge in [0.1, 0.15) is 18.2 Å². The van der Waals surface area contributed by atoms with Gasteiger partial charge in [0.25, 0.3) is 5.91 Å². The van der Waals surface area contributed by atoms with Crippen LogP contribution in [0.4, 0.5) is 4.39 Å². The Labute approximate surface area is 173 Å². The molecule has 0 bridgehead atoms. The molecule has 150 valence electrons. The number of aromatic nitrogens is 2. The summed E-state index contributed by atoms with van der Waals surface area (Å²) < 4.78 is 21.6. The van der Waals surface area contributed by atoms with Gasteiger partial charge in [0.2, 0.25) is 0 Å². The molecule has 0 atom stereocenters. The molecule has 0 radical (unpaired) electrons. The number of nitrogens with one attached hydrogen (secondary N) is 1. The number of amides is 1. The van der Waals surface area contributed by atoms with Crippen LogP contribution in [0.5, 0.6) is 5.75 Å². The van der Waals surface area contributed by atoms with Gasteiger partial charge < -0.3 is 14.6 Å². The van der Waals surface area contributed by atoms with Crippen LogP contribution in [0, 0.1) is 5.82 Å². The Morgan fingerprint density at radius 2 is 1.77 bits per heavy atom. The van der Waals surface area contributed by atoms with E-state index in [0.29, 0.717) is 23.4 Å². The SMILES string of the molecule is O=C(NCc1ccc(-n2ccnc2)c(F)c1)c1ccc(COc2ccccc2)cc1. The van der Waals surface area contributed by atoms with Crippen LogP contribution in [-0.2, 0) is 13.2 Å². The quantitative estimate of drug-likeness (QED) is 0.495. The lowest BCUT2D eigenvalue weighted by Gasteiger charge is -2.09. The van der Waals surface area contributed by atoms with Crippen molar-refractivity contribution >= 4 is 5.91 Å². The van der Waals surface area contributed by atoms with E-state index < -0.39 is 0 Å². The van der Waals surface area contributed by atoms with E-state index in [-0.39, 0.29) is 18.3 Å². The van der Waals surface area contributed by atoms with Crippen molar-refractivity contribution < 1.29 is 13.9 Å². The molecular weight excluding hydrogens is 381 g/mol. The number of nitrogens with zero attached hydrogens (tertiary/aromatic N) is 2. The summed E-state index contributed by atoms with van der Waals surface area (Å²) in [4.78, 5) is 16.3. The van der Waals surface area contributed by atoms with Crippen molar-refractivity contribution in [1.82, 2.24) is 14.9 Å². The highest BCUT2D eigenvalue weighted by atomic mass is 19.1. The largest absolute Gasteiger partial charge is 0.489 e. The van der Waals surface area contributed by atoms with Gasteiger partial charge in [0.15, 0.2) is 0 Å². The second-order valence-electron chi connectivity index (χ2n) is 6.74. The Morgan fingerprint density at radius 1 is 1.00 bits per heavy atom. The molecular formula is C24H20FN3O2. The number of carbonyl (C=O) groups excluding carboxylic acids is 1. The van der Waals surface area contributed by atoms with Crippen LogP contribution in [0.2, 0.25) is 0 Å². The molecule has 0 aliphatic rings. The van der Waals surface area contributed by atoms with Crippen LogP contribution in [-0.4, -0.2) is 15.5 Å². The second kappa shape index (κ2) is 9.05. The maximum atomic E-state index is 14.3. The highest BCUT2D eigenvalue weighted by molar-refractivity contribution is 5.94. The number of para-hydroxylation sites is 1. The van der Waals surface area contributed by atoms with Gasteiger partial charge in [0, 0.05) is 24.5 Å². The van der Waals surface area contributed by atoms with Crippen molar-refractivity contribution in [3.63, 3.8) is 0 Å². The number of imidazole rings is 1. The Morgan fingerprint density at radius 3 is 2.47 bits per heavy atom. The molecule has 0 unspecified atom stereocenters. The van der Waals surface area contributed by atoms with Gasteiger partial charge in [0.05, 0.1) is 12.0 Å². The van der Waals surface area contributed by atoms with Crippen LogP contribution in [0.3, 0.4) is 0 Å². The topological polar surface area (TPSA) is 56.2 Å². The number of carbonyl (C=O) groups is 1. The number of hydrogen-bond acceptors (Lipinski definition) is 3. The third-order valence-corrected chi connectivity index (χ3v) is 4.61. The van der Waals surface area contributed by atoms with Gasteiger partial charge in [-0.1, -0.05) is 36.4 Å². The summed E-state index contributed by atoms with van der Waals surface area (Å²) in [7, 11) is 0. The number of ether oxygens (including phenoxy) is 1. The molecule has 5 nitrogen and oxygen atoms in total. The lowest BCUT2D eigenvalue weighted by Crippen LogP contribution is -2.22. The average molecular weight is 401 g/mol.